The largest absolute Gasteiger partial charge is 0.416 e. The smallest absolute Gasteiger partial charge is 0.345 e. The van der Waals surface area contributed by atoms with Gasteiger partial charge in [0.25, 0.3) is 0 Å². The van der Waals surface area contributed by atoms with E-state index >= 15 is 0 Å². The van der Waals surface area contributed by atoms with Gasteiger partial charge in [0.15, 0.2) is 5.78 Å². The van der Waals surface area contributed by atoms with Crippen molar-refractivity contribution in [2.75, 3.05) is 19.8 Å². The average molecular weight is 559 g/mol. The zero-order chi connectivity index (χ0) is 29.3. The van der Waals surface area contributed by atoms with Crippen molar-refractivity contribution in [3.63, 3.8) is 0 Å². The number of nitrogens with one attached hydrogen (secondary N) is 1. The average Bonchev–Trinajstić information content (AvgIpc) is 2.93. The van der Waals surface area contributed by atoms with Gasteiger partial charge in [-0.05, 0) is 48.2 Å². The summed E-state index contributed by atoms with van der Waals surface area (Å²) in [5.74, 6) is -1.34. The topological polar surface area (TPSA) is 157 Å². The third-order valence-electron chi connectivity index (χ3n) is 6.43. The van der Waals surface area contributed by atoms with Crippen molar-refractivity contribution in [2.24, 2.45) is 17.2 Å². The fourth-order valence-electron chi connectivity index (χ4n) is 4.17. The Morgan fingerprint density at radius 3 is 2.35 bits per heavy atom. The number of benzene rings is 2. The molecule has 214 valence electrons. The molecule has 0 unspecified atom stereocenters. The molecule has 2 atom stereocenters. The van der Waals surface area contributed by atoms with Crippen LogP contribution >= 0.6 is 0 Å². The molecule has 1 aromatic heterocycles. The first-order valence-corrected chi connectivity index (χ1v) is 12.8. The van der Waals surface area contributed by atoms with Gasteiger partial charge in [-0.25, -0.2) is 0 Å². The number of hydrogen-bond donors (Lipinski definition) is 4. The molecule has 0 aliphatic rings. The number of hydrogen-bond acceptors (Lipinski definition) is 7. The number of alkyl halides is 3. The van der Waals surface area contributed by atoms with Crippen molar-refractivity contribution < 1.29 is 27.6 Å². The Balaban J connectivity index is 1.74. The second-order valence-electron chi connectivity index (χ2n) is 9.41. The number of rotatable bonds is 13. The van der Waals surface area contributed by atoms with Crippen LogP contribution in [0.4, 0.5) is 13.2 Å². The lowest BCUT2D eigenvalue weighted by Crippen LogP contribution is -2.50. The van der Waals surface area contributed by atoms with Crippen LogP contribution in [0.5, 0.6) is 0 Å². The van der Waals surface area contributed by atoms with Crippen LogP contribution in [-0.2, 0) is 33.4 Å². The highest BCUT2D eigenvalue weighted by Crippen LogP contribution is 2.29. The maximum absolute atomic E-state index is 13.4. The summed E-state index contributed by atoms with van der Waals surface area (Å²) in [5, 5.41) is 3.47. The van der Waals surface area contributed by atoms with Gasteiger partial charge in [-0.3, -0.25) is 19.4 Å². The first-order chi connectivity index (χ1) is 19.0. The number of ketones is 1. The predicted molar refractivity (Wildman–Crippen MR) is 145 cm³/mol. The lowest BCUT2D eigenvalue weighted by molar-refractivity contribution is -0.137. The minimum absolute atomic E-state index is 0.00151. The Kier molecular flexibility index (Phi) is 10.7. The van der Waals surface area contributed by atoms with E-state index in [2.05, 4.69) is 10.3 Å². The molecule has 0 saturated carbocycles. The van der Waals surface area contributed by atoms with Crippen molar-refractivity contribution in [3.8, 4) is 0 Å². The fourth-order valence-corrected chi connectivity index (χ4v) is 4.17. The number of nitrogens with zero attached hydrogens (tertiary/aromatic N) is 2. The number of carbonyl (C=O) groups excluding carboxylic acids is 3. The number of carbonyl (C=O) groups is 3. The number of pyridine rings is 1. The zero-order valence-corrected chi connectivity index (χ0v) is 21.9. The van der Waals surface area contributed by atoms with Crippen LogP contribution in [0.25, 0.3) is 10.9 Å². The van der Waals surface area contributed by atoms with Crippen molar-refractivity contribution in [3.05, 3.63) is 77.5 Å². The number of Topliss-reactive ketones (excluding diaryl/α,β-unsaturated/α-hetero) is 1. The minimum atomic E-state index is -4.50. The molecule has 0 radical (unpaired) electrons. The van der Waals surface area contributed by atoms with Gasteiger partial charge in [-0.15, -0.1) is 0 Å². The van der Waals surface area contributed by atoms with Gasteiger partial charge in [-0.1, -0.05) is 30.3 Å². The number of amides is 2. The highest BCUT2D eigenvalue weighted by atomic mass is 19.4. The van der Waals surface area contributed by atoms with E-state index in [4.69, 9.17) is 17.2 Å². The Morgan fingerprint density at radius 2 is 1.70 bits per heavy atom. The molecule has 0 bridgehead atoms. The molecule has 7 N–H and O–H groups in total. The number of para-hydroxylation sites is 1. The van der Waals surface area contributed by atoms with E-state index in [1.165, 1.54) is 17.0 Å². The molecule has 0 aliphatic carbocycles. The highest BCUT2D eigenvalue weighted by Gasteiger charge is 2.30. The fraction of sp³-hybridized carbons (Fsp3) is 0.357. The molecule has 1 heterocycles. The van der Waals surface area contributed by atoms with Gasteiger partial charge in [0, 0.05) is 37.5 Å². The van der Waals surface area contributed by atoms with E-state index in [0.717, 1.165) is 23.0 Å². The van der Waals surface area contributed by atoms with Crippen LogP contribution in [0.3, 0.4) is 0 Å². The molecule has 0 fully saturated rings. The second kappa shape index (κ2) is 14.0. The number of aromatic nitrogens is 1. The van der Waals surface area contributed by atoms with Crippen LogP contribution in [0.15, 0.2) is 60.8 Å². The third-order valence-corrected chi connectivity index (χ3v) is 6.43. The maximum Gasteiger partial charge on any atom is 0.416 e. The van der Waals surface area contributed by atoms with Gasteiger partial charge < -0.3 is 27.4 Å². The first-order valence-electron chi connectivity index (χ1n) is 12.8. The predicted octanol–water partition coefficient (Wildman–Crippen LogP) is 1.90. The van der Waals surface area contributed by atoms with E-state index in [1.807, 2.05) is 30.3 Å². The molecule has 9 nitrogen and oxygen atoms in total. The van der Waals surface area contributed by atoms with E-state index in [9.17, 15) is 27.6 Å². The third kappa shape index (κ3) is 8.57. The van der Waals surface area contributed by atoms with Gasteiger partial charge in [0.05, 0.1) is 29.8 Å². The van der Waals surface area contributed by atoms with Crippen molar-refractivity contribution in [2.45, 2.75) is 43.9 Å². The molecule has 3 rings (SSSR count). The molecule has 0 aliphatic heterocycles. The highest BCUT2D eigenvalue weighted by molar-refractivity contribution is 5.93. The lowest BCUT2D eigenvalue weighted by atomic mass is 9.96. The van der Waals surface area contributed by atoms with E-state index < -0.39 is 29.7 Å². The SMILES string of the molecule is NCCN(CN)C(=O)CC[C@H](N)C(=O)N[C@@H](Cc1ccc(C(F)(F)F)cc1)C(=O)Cc1cnc2ccccc2c1. The summed E-state index contributed by atoms with van der Waals surface area (Å²) in [5.41, 5.74) is 18.0. The Labute approximate surface area is 229 Å². The molecule has 12 heteroatoms. The van der Waals surface area contributed by atoms with Crippen LogP contribution < -0.4 is 22.5 Å². The molecule has 2 aromatic carbocycles. The molecular weight excluding hydrogens is 525 g/mol. The zero-order valence-electron chi connectivity index (χ0n) is 21.9. The Hall–Kier alpha value is -3.87. The van der Waals surface area contributed by atoms with Crippen molar-refractivity contribution >= 4 is 28.5 Å². The van der Waals surface area contributed by atoms with Gasteiger partial charge in [-0.2, -0.15) is 13.2 Å². The van der Waals surface area contributed by atoms with Gasteiger partial charge >= 0.3 is 6.18 Å². The summed E-state index contributed by atoms with van der Waals surface area (Å²) >= 11 is 0. The minimum Gasteiger partial charge on any atom is -0.345 e. The van der Waals surface area contributed by atoms with Crippen LogP contribution in [0.2, 0.25) is 0 Å². The molecule has 0 saturated heterocycles. The van der Waals surface area contributed by atoms with Crippen LogP contribution in [0, 0.1) is 0 Å². The Morgan fingerprint density at radius 1 is 1.00 bits per heavy atom. The van der Waals surface area contributed by atoms with Gasteiger partial charge in [0.2, 0.25) is 11.8 Å². The second-order valence-corrected chi connectivity index (χ2v) is 9.41. The Bertz CT molecular complexity index is 1320. The van der Waals surface area contributed by atoms with Crippen molar-refractivity contribution in [1.29, 1.82) is 0 Å². The molecule has 3 aromatic rings. The summed E-state index contributed by atoms with van der Waals surface area (Å²) in [6.07, 6.45) is -3.10. The number of fused-ring (bicyclic) bond motifs is 1. The molecule has 0 spiro atoms. The number of halogens is 3. The summed E-state index contributed by atoms with van der Waals surface area (Å²) in [6, 6.07) is 11.4. The first kappa shape index (κ1) is 30.7. The van der Waals surface area contributed by atoms with Gasteiger partial charge in [0.1, 0.15) is 0 Å². The van der Waals surface area contributed by atoms with Crippen LogP contribution in [-0.4, -0.2) is 59.3 Å². The summed E-state index contributed by atoms with van der Waals surface area (Å²) in [6.45, 7) is 0.477. The maximum atomic E-state index is 13.4. The summed E-state index contributed by atoms with van der Waals surface area (Å²) in [4.78, 5) is 44.3. The normalized spacial score (nSPS) is 13.1. The molecule has 40 heavy (non-hydrogen) atoms. The van der Waals surface area contributed by atoms with Crippen molar-refractivity contribution in [1.82, 2.24) is 15.2 Å². The lowest BCUT2D eigenvalue weighted by Gasteiger charge is -2.22. The molecule has 2 amide bonds. The monoisotopic (exact) mass is 558 g/mol. The van der Waals surface area contributed by atoms with E-state index in [-0.39, 0.29) is 57.1 Å². The quantitative estimate of drug-likeness (QED) is 0.233. The molecular formula is C28H33F3N6O3. The summed E-state index contributed by atoms with van der Waals surface area (Å²) < 4.78 is 39.0. The van der Waals surface area contributed by atoms with E-state index in [1.54, 1.807) is 6.20 Å². The summed E-state index contributed by atoms with van der Waals surface area (Å²) in [7, 11) is 0. The van der Waals surface area contributed by atoms with Crippen LogP contribution in [0.1, 0.15) is 29.5 Å². The number of nitrogens with two attached hydrogens (primary N) is 3. The standard InChI is InChI=1S/C28H33F3N6O3/c29-28(30,31)21-7-5-18(6-8-21)14-24(25(38)15-19-13-20-3-1-2-4-23(20)35-16-19)36-27(40)22(34)9-10-26(39)37(17-33)12-11-32/h1-8,13,16,22,24H,9-12,14-15,17,32-34H2,(H,36,40)/t22-,24-/m0/s1. The van der Waals surface area contributed by atoms with E-state index in [0.29, 0.717) is 11.1 Å².